The second-order valence-corrected chi connectivity index (χ2v) is 6.30. The van der Waals surface area contributed by atoms with Crippen LogP contribution in [0.15, 0.2) is 83.3 Å². The zero-order valence-electron chi connectivity index (χ0n) is 14.1. The van der Waals surface area contributed by atoms with Gasteiger partial charge in [0.1, 0.15) is 22.6 Å². The number of hydrogen-bond donors (Lipinski definition) is 0. The minimum absolute atomic E-state index is 0.244. The molecule has 0 bridgehead atoms. The van der Waals surface area contributed by atoms with E-state index >= 15 is 4.39 Å². The molecular weight excluding hydrogens is 344 g/mol. The van der Waals surface area contributed by atoms with Crippen LogP contribution in [0.25, 0.3) is 44.5 Å². The van der Waals surface area contributed by atoms with E-state index in [-0.39, 0.29) is 17.1 Å². The average molecular weight is 357 g/mol. The summed E-state index contributed by atoms with van der Waals surface area (Å²) in [5, 5.41) is 0.813. The molecule has 0 saturated heterocycles. The maximum absolute atomic E-state index is 15.6. The fraction of sp³-hybridized carbons (Fsp3) is 0. The third-order valence-corrected chi connectivity index (χ3v) is 4.63. The summed E-state index contributed by atoms with van der Waals surface area (Å²) in [4.78, 5) is 4.59. The largest absolute Gasteiger partial charge is 0.454 e. The Bertz CT molecular complexity index is 1280. The van der Waals surface area contributed by atoms with Crippen LogP contribution < -0.4 is 0 Å². The normalized spacial score (nSPS) is 11.3. The van der Waals surface area contributed by atoms with E-state index in [1.165, 1.54) is 12.1 Å². The Morgan fingerprint density at radius 3 is 2.19 bits per heavy atom. The molecule has 2 nitrogen and oxygen atoms in total. The van der Waals surface area contributed by atoms with Crippen LogP contribution in [0.1, 0.15) is 0 Å². The van der Waals surface area contributed by atoms with E-state index in [0.717, 1.165) is 5.39 Å². The van der Waals surface area contributed by atoms with Crippen molar-refractivity contribution in [2.45, 2.75) is 0 Å². The standard InChI is InChI=1S/C23H13F2NO/c24-16-12-10-14(11-13-16)19-20(25)21(15-6-2-1-3-7-15)26-22-17-8-4-5-9-18(17)27-23(19)22/h1-13H. The lowest BCUT2D eigenvalue weighted by Gasteiger charge is -2.09. The number of nitrogens with zero attached hydrogens (tertiary/aromatic N) is 1. The molecule has 0 radical (unpaired) electrons. The summed E-state index contributed by atoms with van der Waals surface area (Å²) >= 11 is 0. The number of fused-ring (bicyclic) bond motifs is 3. The first-order valence-corrected chi connectivity index (χ1v) is 8.54. The maximum atomic E-state index is 15.6. The maximum Gasteiger partial charge on any atom is 0.164 e. The first-order chi connectivity index (χ1) is 13.2. The summed E-state index contributed by atoms with van der Waals surface area (Å²) in [5.41, 5.74) is 3.32. The predicted molar refractivity (Wildman–Crippen MR) is 102 cm³/mol. The van der Waals surface area contributed by atoms with Crippen LogP contribution in [0.3, 0.4) is 0 Å². The van der Waals surface area contributed by atoms with E-state index in [1.807, 2.05) is 54.6 Å². The van der Waals surface area contributed by atoms with Gasteiger partial charge in [-0.15, -0.1) is 0 Å². The topological polar surface area (TPSA) is 26.0 Å². The van der Waals surface area contributed by atoms with Gasteiger partial charge in [0.25, 0.3) is 0 Å². The van der Waals surface area contributed by atoms with Crippen molar-refractivity contribution in [3.8, 4) is 22.4 Å². The Morgan fingerprint density at radius 1 is 0.704 bits per heavy atom. The summed E-state index contributed by atoms with van der Waals surface area (Å²) < 4.78 is 34.9. The van der Waals surface area contributed by atoms with Crippen LogP contribution in [-0.2, 0) is 0 Å². The number of hydrogen-bond acceptors (Lipinski definition) is 2. The molecule has 3 aromatic carbocycles. The van der Waals surface area contributed by atoms with E-state index in [4.69, 9.17) is 4.42 Å². The van der Waals surface area contributed by atoms with Gasteiger partial charge in [0.15, 0.2) is 11.4 Å². The summed E-state index contributed by atoms with van der Waals surface area (Å²) in [7, 11) is 0. The Morgan fingerprint density at radius 2 is 1.41 bits per heavy atom. The number of halogens is 2. The van der Waals surface area contributed by atoms with Gasteiger partial charge in [-0.05, 0) is 29.8 Å². The molecule has 27 heavy (non-hydrogen) atoms. The highest BCUT2D eigenvalue weighted by atomic mass is 19.1. The van der Waals surface area contributed by atoms with E-state index < -0.39 is 5.82 Å². The lowest BCUT2D eigenvalue weighted by molar-refractivity contribution is 0.618. The first-order valence-electron chi connectivity index (χ1n) is 8.54. The number of benzene rings is 3. The van der Waals surface area contributed by atoms with Crippen LogP contribution in [0.2, 0.25) is 0 Å². The second-order valence-electron chi connectivity index (χ2n) is 6.30. The van der Waals surface area contributed by atoms with E-state index in [0.29, 0.717) is 27.8 Å². The molecule has 0 saturated carbocycles. The van der Waals surface area contributed by atoms with Crippen molar-refractivity contribution in [1.29, 1.82) is 0 Å². The van der Waals surface area contributed by atoms with Crippen molar-refractivity contribution in [3.63, 3.8) is 0 Å². The monoisotopic (exact) mass is 357 g/mol. The fourth-order valence-corrected chi connectivity index (χ4v) is 3.35. The van der Waals surface area contributed by atoms with Gasteiger partial charge in [0.05, 0.1) is 5.56 Å². The number of aromatic nitrogens is 1. The lowest BCUT2D eigenvalue weighted by atomic mass is 10.0. The molecular formula is C23H13F2NO. The number of furan rings is 1. The first kappa shape index (κ1) is 15.7. The predicted octanol–water partition coefficient (Wildman–Crippen LogP) is 6.59. The molecule has 5 aromatic rings. The van der Waals surface area contributed by atoms with E-state index in [1.54, 1.807) is 12.1 Å². The highest BCUT2D eigenvalue weighted by Gasteiger charge is 2.22. The Kier molecular flexibility index (Phi) is 3.50. The minimum atomic E-state index is -0.487. The Hall–Kier alpha value is -3.53. The van der Waals surface area contributed by atoms with Crippen LogP contribution in [0, 0.1) is 11.6 Å². The molecule has 2 heterocycles. The van der Waals surface area contributed by atoms with Gasteiger partial charge in [-0.3, -0.25) is 0 Å². The van der Waals surface area contributed by atoms with Crippen molar-refractivity contribution in [2.24, 2.45) is 0 Å². The van der Waals surface area contributed by atoms with Crippen LogP contribution in [-0.4, -0.2) is 4.98 Å². The molecule has 2 aromatic heterocycles. The van der Waals surface area contributed by atoms with Crippen LogP contribution >= 0.6 is 0 Å². The molecule has 0 aliphatic rings. The highest BCUT2D eigenvalue weighted by Crippen LogP contribution is 2.39. The quantitative estimate of drug-likeness (QED) is 0.356. The third kappa shape index (κ3) is 2.49. The van der Waals surface area contributed by atoms with Gasteiger partial charge in [0.2, 0.25) is 0 Å². The number of para-hydroxylation sites is 1. The minimum Gasteiger partial charge on any atom is -0.454 e. The molecule has 0 atom stereocenters. The highest BCUT2D eigenvalue weighted by molar-refractivity contribution is 6.08. The molecule has 0 fully saturated rings. The van der Waals surface area contributed by atoms with Crippen molar-refractivity contribution in [1.82, 2.24) is 4.98 Å². The summed E-state index contributed by atoms with van der Waals surface area (Å²) in [5.74, 6) is -0.864. The van der Waals surface area contributed by atoms with Crippen LogP contribution in [0.5, 0.6) is 0 Å². The van der Waals surface area contributed by atoms with Crippen LogP contribution in [0.4, 0.5) is 8.78 Å². The zero-order valence-corrected chi connectivity index (χ0v) is 14.1. The van der Waals surface area contributed by atoms with Gasteiger partial charge in [-0.25, -0.2) is 13.8 Å². The molecule has 0 unspecified atom stereocenters. The Labute approximate surface area is 153 Å². The van der Waals surface area contributed by atoms with Crippen molar-refractivity contribution in [3.05, 3.63) is 90.5 Å². The average Bonchev–Trinajstić information content (AvgIpc) is 3.07. The summed E-state index contributed by atoms with van der Waals surface area (Å²) in [6.07, 6.45) is 0. The van der Waals surface area contributed by atoms with Gasteiger partial charge < -0.3 is 4.42 Å². The molecule has 4 heteroatoms. The Balaban J connectivity index is 1.93. The summed E-state index contributed by atoms with van der Waals surface area (Å²) in [6.45, 7) is 0. The molecule has 0 spiro atoms. The van der Waals surface area contributed by atoms with Gasteiger partial charge >= 0.3 is 0 Å². The van der Waals surface area contributed by atoms with E-state index in [9.17, 15) is 4.39 Å². The van der Waals surface area contributed by atoms with Crippen molar-refractivity contribution >= 4 is 22.1 Å². The van der Waals surface area contributed by atoms with Gasteiger partial charge in [-0.2, -0.15) is 0 Å². The zero-order chi connectivity index (χ0) is 18.4. The lowest BCUT2D eigenvalue weighted by Crippen LogP contribution is -1.95. The number of rotatable bonds is 2. The van der Waals surface area contributed by atoms with Gasteiger partial charge in [-0.1, -0.05) is 54.6 Å². The molecule has 5 rings (SSSR count). The van der Waals surface area contributed by atoms with Crippen molar-refractivity contribution in [2.75, 3.05) is 0 Å². The SMILES string of the molecule is Fc1ccc(-c2c(F)c(-c3ccccc3)nc3c2oc2ccccc23)cc1. The molecule has 0 aliphatic carbocycles. The van der Waals surface area contributed by atoms with Gasteiger partial charge in [0, 0.05) is 10.9 Å². The molecule has 0 aliphatic heterocycles. The summed E-state index contributed by atoms with van der Waals surface area (Å²) in [6, 6.07) is 22.4. The van der Waals surface area contributed by atoms with Crippen molar-refractivity contribution < 1.29 is 13.2 Å². The number of pyridine rings is 1. The molecule has 130 valence electrons. The fourth-order valence-electron chi connectivity index (χ4n) is 3.35. The van der Waals surface area contributed by atoms with E-state index in [2.05, 4.69) is 4.98 Å². The smallest absolute Gasteiger partial charge is 0.164 e. The molecule has 0 amide bonds. The third-order valence-electron chi connectivity index (χ3n) is 4.63. The molecule has 0 N–H and O–H groups in total. The second kappa shape index (κ2) is 6.02.